The Morgan fingerprint density at radius 3 is 2.77 bits per heavy atom. The van der Waals surface area contributed by atoms with E-state index in [9.17, 15) is 9.18 Å². The van der Waals surface area contributed by atoms with Crippen LogP contribution in [0.5, 0.6) is 0 Å². The van der Waals surface area contributed by atoms with Crippen molar-refractivity contribution in [1.29, 1.82) is 0 Å². The van der Waals surface area contributed by atoms with Crippen LogP contribution in [0, 0.1) is 24.7 Å². The van der Waals surface area contributed by atoms with Crippen molar-refractivity contribution in [2.24, 2.45) is 22.7 Å². The number of allylic oxidation sites excluding steroid dienone is 3. The first-order chi connectivity index (χ1) is 14.5. The lowest BCUT2D eigenvalue weighted by atomic mass is 9.77. The molecule has 1 amide bonds. The molecule has 3 nitrogen and oxygen atoms in total. The van der Waals surface area contributed by atoms with Gasteiger partial charge >= 0.3 is 0 Å². The molecule has 0 bridgehead atoms. The lowest BCUT2D eigenvalue weighted by molar-refractivity contribution is 0.0923. The van der Waals surface area contributed by atoms with Crippen molar-refractivity contribution in [3.8, 4) is 0 Å². The van der Waals surface area contributed by atoms with E-state index >= 15 is 0 Å². The molecule has 5 atom stereocenters. The van der Waals surface area contributed by atoms with Crippen LogP contribution in [0.4, 0.5) is 4.39 Å². The van der Waals surface area contributed by atoms with Gasteiger partial charge < -0.3 is 5.32 Å². The Morgan fingerprint density at radius 1 is 1.17 bits per heavy atom. The van der Waals surface area contributed by atoms with E-state index < -0.39 is 0 Å². The number of nitrogens with one attached hydrogen (secondary N) is 1. The summed E-state index contributed by atoms with van der Waals surface area (Å²) in [4.78, 5) is 17.1. The van der Waals surface area contributed by atoms with Gasteiger partial charge in [0.25, 0.3) is 5.91 Å². The Hall–Kier alpha value is -2.49. The van der Waals surface area contributed by atoms with Crippen LogP contribution in [0.25, 0.3) is 0 Å². The van der Waals surface area contributed by atoms with Gasteiger partial charge in [-0.25, -0.2) is 4.39 Å². The molecule has 3 unspecified atom stereocenters. The van der Waals surface area contributed by atoms with Gasteiger partial charge in [-0.05, 0) is 81.7 Å². The van der Waals surface area contributed by atoms with Gasteiger partial charge in [0.1, 0.15) is 5.83 Å². The second-order valence-electron chi connectivity index (χ2n) is 8.99. The third kappa shape index (κ3) is 4.63. The van der Waals surface area contributed by atoms with Gasteiger partial charge in [-0.2, -0.15) is 0 Å². The monoisotopic (exact) mass is 406 g/mol. The average molecular weight is 407 g/mol. The maximum atomic E-state index is 13.9. The molecule has 0 aromatic heterocycles. The van der Waals surface area contributed by atoms with E-state index in [4.69, 9.17) is 0 Å². The minimum atomic E-state index is -0.154. The SMILES string of the molecule is Cc1ccc(C(=O)N[C@H](C)C2CCCC(C3=CC=N[C@@H]4C=CC(F)=CC34)CC2)cc1. The van der Waals surface area contributed by atoms with Crippen molar-refractivity contribution in [2.45, 2.75) is 58.0 Å². The number of aliphatic imine (C=N–C) groups is 1. The first kappa shape index (κ1) is 20.8. The van der Waals surface area contributed by atoms with Crippen LogP contribution < -0.4 is 5.32 Å². The Balaban J connectivity index is 1.37. The van der Waals surface area contributed by atoms with Crippen molar-refractivity contribution in [2.75, 3.05) is 0 Å². The molecule has 0 spiro atoms. The number of hydrogen-bond donors (Lipinski definition) is 1. The highest BCUT2D eigenvalue weighted by Gasteiger charge is 2.32. The van der Waals surface area contributed by atoms with Crippen molar-refractivity contribution in [1.82, 2.24) is 5.32 Å². The highest BCUT2D eigenvalue weighted by molar-refractivity contribution is 5.94. The zero-order valence-corrected chi connectivity index (χ0v) is 17.9. The molecule has 1 saturated carbocycles. The first-order valence-electron chi connectivity index (χ1n) is 11.2. The van der Waals surface area contributed by atoms with Crippen molar-refractivity contribution >= 4 is 12.1 Å². The molecule has 4 heteroatoms. The third-order valence-electron chi connectivity index (χ3n) is 6.93. The molecule has 158 valence electrons. The zero-order valence-electron chi connectivity index (χ0n) is 17.9. The van der Waals surface area contributed by atoms with Crippen LogP contribution in [0.1, 0.15) is 54.9 Å². The van der Waals surface area contributed by atoms with Crippen molar-refractivity contribution < 1.29 is 9.18 Å². The Bertz CT molecular complexity index is 896. The van der Waals surface area contributed by atoms with Gasteiger partial charge in [0.15, 0.2) is 0 Å². The van der Waals surface area contributed by atoms with E-state index in [-0.39, 0.29) is 29.7 Å². The molecular weight excluding hydrogens is 375 g/mol. The van der Waals surface area contributed by atoms with Crippen LogP contribution >= 0.6 is 0 Å². The average Bonchev–Trinajstić information content (AvgIpc) is 3.00. The van der Waals surface area contributed by atoms with Gasteiger partial charge in [-0.3, -0.25) is 9.79 Å². The molecule has 30 heavy (non-hydrogen) atoms. The van der Waals surface area contributed by atoms with E-state index in [2.05, 4.69) is 23.3 Å². The summed E-state index contributed by atoms with van der Waals surface area (Å²) in [5.41, 5.74) is 3.20. The summed E-state index contributed by atoms with van der Waals surface area (Å²) in [6.45, 7) is 4.15. The molecule has 1 N–H and O–H groups in total. The van der Waals surface area contributed by atoms with Gasteiger partial charge in [-0.15, -0.1) is 0 Å². The number of amides is 1. The summed E-state index contributed by atoms with van der Waals surface area (Å²) in [5.74, 6) is 0.840. The highest BCUT2D eigenvalue weighted by atomic mass is 19.1. The number of hydrogen-bond acceptors (Lipinski definition) is 2. The summed E-state index contributed by atoms with van der Waals surface area (Å²) in [5, 5.41) is 3.22. The largest absolute Gasteiger partial charge is 0.349 e. The zero-order chi connectivity index (χ0) is 21.1. The summed E-state index contributed by atoms with van der Waals surface area (Å²) in [6, 6.07) is 7.90. The van der Waals surface area contributed by atoms with Crippen LogP contribution in [-0.4, -0.2) is 24.2 Å². The molecule has 1 fully saturated rings. The molecule has 0 radical (unpaired) electrons. The number of benzene rings is 1. The fraction of sp³-hybridized carbons (Fsp3) is 0.462. The topological polar surface area (TPSA) is 41.5 Å². The quantitative estimate of drug-likeness (QED) is 0.638. The summed E-state index contributed by atoms with van der Waals surface area (Å²) >= 11 is 0. The van der Waals surface area contributed by atoms with Gasteiger partial charge in [-0.1, -0.05) is 35.8 Å². The maximum Gasteiger partial charge on any atom is 0.251 e. The molecular formula is C26H31FN2O. The molecule has 3 aliphatic rings. The molecule has 1 aliphatic heterocycles. The minimum Gasteiger partial charge on any atom is -0.349 e. The van der Waals surface area contributed by atoms with Crippen molar-refractivity contribution in [3.63, 3.8) is 0 Å². The standard InChI is InChI=1S/C26H31FN2O/c1-17-6-8-21(9-7-17)26(30)29-18(2)19-4-3-5-20(11-10-19)23-14-15-28-25-13-12-22(27)16-24(23)25/h6-9,12-16,18-20,24-25H,3-5,10-11H2,1-2H3,(H,29,30)/t18-,19?,20?,24?,25-/m1/s1. The third-order valence-corrected chi connectivity index (χ3v) is 6.93. The van der Waals surface area contributed by atoms with Gasteiger partial charge in [0.05, 0.1) is 6.04 Å². The fourth-order valence-corrected chi connectivity index (χ4v) is 5.10. The summed E-state index contributed by atoms with van der Waals surface area (Å²) in [7, 11) is 0. The lowest BCUT2D eigenvalue weighted by Crippen LogP contribution is -2.38. The highest BCUT2D eigenvalue weighted by Crippen LogP contribution is 2.40. The van der Waals surface area contributed by atoms with Crippen LogP contribution in [-0.2, 0) is 0 Å². The first-order valence-corrected chi connectivity index (χ1v) is 11.2. The van der Waals surface area contributed by atoms with Crippen LogP contribution in [0.3, 0.4) is 0 Å². The number of carbonyl (C=O) groups excluding carboxylic acids is 1. The molecule has 0 saturated heterocycles. The number of nitrogens with zero attached hydrogens (tertiary/aromatic N) is 1. The second kappa shape index (κ2) is 9.11. The summed E-state index contributed by atoms with van der Waals surface area (Å²) < 4.78 is 13.9. The van der Waals surface area contributed by atoms with E-state index in [0.717, 1.165) is 43.2 Å². The van der Waals surface area contributed by atoms with Crippen LogP contribution in [0.2, 0.25) is 0 Å². The smallest absolute Gasteiger partial charge is 0.251 e. The predicted molar refractivity (Wildman–Crippen MR) is 120 cm³/mol. The number of carbonyl (C=O) groups is 1. The minimum absolute atomic E-state index is 0.00643. The lowest BCUT2D eigenvalue weighted by Gasteiger charge is -2.31. The number of aryl methyl sites for hydroxylation is 1. The van der Waals surface area contributed by atoms with Crippen LogP contribution in [0.15, 0.2) is 65.0 Å². The number of halogens is 1. The predicted octanol–water partition coefficient (Wildman–Crippen LogP) is 5.73. The van der Waals surface area contributed by atoms with Crippen molar-refractivity contribution in [3.05, 3.63) is 71.1 Å². The van der Waals surface area contributed by atoms with Gasteiger partial charge in [0.2, 0.25) is 0 Å². The van der Waals surface area contributed by atoms with E-state index in [1.807, 2.05) is 43.5 Å². The number of rotatable bonds is 4. The molecule has 2 aliphatic carbocycles. The maximum absolute atomic E-state index is 13.9. The molecule has 1 aromatic carbocycles. The van der Waals surface area contributed by atoms with E-state index in [1.165, 1.54) is 11.6 Å². The number of fused-ring (bicyclic) bond motifs is 1. The second-order valence-corrected chi connectivity index (χ2v) is 8.99. The normalized spacial score (nSPS) is 29.3. The Morgan fingerprint density at radius 2 is 1.97 bits per heavy atom. The number of dihydropyridines is 1. The molecule has 1 heterocycles. The Kier molecular flexibility index (Phi) is 6.31. The van der Waals surface area contributed by atoms with E-state index in [0.29, 0.717) is 11.8 Å². The van der Waals surface area contributed by atoms with Gasteiger partial charge in [0, 0.05) is 23.7 Å². The van der Waals surface area contributed by atoms with E-state index in [1.54, 1.807) is 6.08 Å². The molecule has 1 aromatic rings. The fourth-order valence-electron chi connectivity index (χ4n) is 5.10. The summed E-state index contributed by atoms with van der Waals surface area (Å²) in [6.07, 6.45) is 14.7. The molecule has 4 rings (SSSR count). The Labute approximate surface area is 178 Å².